The van der Waals surface area contributed by atoms with Crippen LogP contribution in [0.2, 0.25) is 0 Å². The number of allylic oxidation sites excluding steroid dienone is 2. The highest BCUT2D eigenvalue weighted by Gasteiger charge is 2.42. The van der Waals surface area contributed by atoms with Gasteiger partial charge in [0.2, 0.25) is 0 Å². The highest BCUT2D eigenvalue weighted by atomic mass is 16.5. The van der Waals surface area contributed by atoms with Crippen molar-refractivity contribution in [2.75, 3.05) is 0 Å². The smallest absolute Gasteiger partial charge is 0.0917 e. The molecule has 1 saturated heterocycles. The van der Waals surface area contributed by atoms with Gasteiger partial charge in [0.1, 0.15) is 0 Å². The molecule has 2 heteroatoms. The third kappa shape index (κ3) is 3.82. The number of ether oxygens (including phenoxy) is 1. The number of aliphatic hydroxyl groups excluding tert-OH is 1. The second-order valence-electron chi connectivity index (χ2n) is 5.94. The SMILES string of the molecule is C/C=C(\C)CC[C@H](O)[C@@]1(C)CC[C@H](C(C)C)O1. The zero-order chi connectivity index (χ0) is 13.1. The Labute approximate surface area is 106 Å². The normalized spacial score (nSPS) is 32.2. The Morgan fingerprint density at radius 2 is 2.18 bits per heavy atom. The van der Waals surface area contributed by atoms with Gasteiger partial charge in [-0.1, -0.05) is 25.5 Å². The van der Waals surface area contributed by atoms with Gasteiger partial charge in [0.15, 0.2) is 0 Å². The first kappa shape index (κ1) is 14.7. The third-order valence-electron chi connectivity index (χ3n) is 4.10. The quantitative estimate of drug-likeness (QED) is 0.743. The molecule has 0 aliphatic carbocycles. The molecule has 1 aliphatic rings. The van der Waals surface area contributed by atoms with Gasteiger partial charge < -0.3 is 9.84 Å². The van der Waals surface area contributed by atoms with Gasteiger partial charge in [-0.3, -0.25) is 0 Å². The molecule has 1 N–H and O–H groups in total. The summed E-state index contributed by atoms with van der Waals surface area (Å²) in [4.78, 5) is 0. The van der Waals surface area contributed by atoms with Crippen molar-refractivity contribution >= 4 is 0 Å². The molecule has 100 valence electrons. The van der Waals surface area contributed by atoms with Crippen LogP contribution in [0.25, 0.3) is 0 Å². The van der Waals surface area contributed by atoms with Gasteiger partial charge in [0.25, 0.3) is 0 Å². The third-order valence-corrected chi connectivity index (χ3v) is 4.10. The first-order valence-corrected chi connectivity index (χ1v) is 6.86. The Kier molecular flexibility index (Phi) is 5.21. The minimum absolute atomic E-state index is 0.317. The van der Waals surface area contributed by atoms with E-state index in [1.807, 2.05) is 6.92 Å². The monoisotopic (exact) mass is 240 g/mol. The van der Waals surface area contributed by atoms with Crippen LogP contribution in [0, 0.1) is 5.92 Å². The Morgan fingerprint density at radius 3 is 2.65 bits per heavy atom. The van der Waals surface area contributed by atoms with Crippen LogP contribution in [0.5, 0.6) is 0 Å². The largest absolute Gasteiger partial charge is 0.390 e. The Balaban J connectivity index is 2.49. The molecule has 2 nitrogen and oxygen atoms in total. The van der Waals surface area contributed by atoms with Crippen molar-refractivity contribution in [3.05, 3.63) is 11.6 Å². The summed E-state index contributed by atoms with van der Waals surface area (Å²) >= 11 is 0. The van der Waals surface area contributed by atoms with Gasteiger partial charge in [-0.25, -0.2) is 0 Å². The van der Waals surface area contributed by atoms with Gasteiger partial charge in [0.05, 0.1) is 17.8 Å². The maximum atomic E-state index is 10.3. The van der Waals surface area contributed by atoms with Crippen LogP contribution in [-0.4, -0.2) is 22.9 Å². The lowest BCUT2D eigenvalue weighted by molar-refractivity contribution is -0.116. The van der Waals surface area contributed by atoms with Gasteiger partial charge in [-0.2, -0.15) is 0 Å². The van der Waals surface area contributed by atoms with E-state index in [1.54, 1.807) is 0 Å². The van der Waals surface area contributed by atoms with Crippen molar-refractivity contribution in [2.45, 2.75) is 78.1 Å². The molecule has 0 radical (unpaired) electrons. The highest BCUT2D eigenvalue weighted by Crippen LogP contribution is 2.37. The molecule has 0 amide bonds. The fourth-order valence-electron chi connectivity index (χ4n) is 2.42. The van der Waals surface area contributed by atoms with E-state index in [4.69, 9.17) is 4.74 Å². The van der Waals surface area contributed by atoms with Crippen molar-refractivity contribution in [1.82, 2.24) is 0 Å². The molecule has 0 aromatic heterocycles. The lowest BCUT2D eigenvalue weighted by Crippen LogP contribution is -2.40. The standard InChI is InChI=1S/C15H28O2/c1-6-12(4)7-8-14(16)15(5)10-9-13(17-15)11(2)3/h6,11,13-14,16H,7-10H2,1-5H3/b12-6+/t13-,14+,15-/m1/s1. The van der Waals surface area contributed by atoms with Crippen molar-refractivity contribution in [2.24, 2.45) is 5.92 Å². The minimum atomic E-state index is -0.346. The second kappa shape index (κ2) is 6.01. The molecule has 0 aromatic carbocycles. The Morgan fingerprint density at radius 1 is 1.53 bits per heavy atom. The van der Waals surface area contributed by atoms with Crippen molar-refractivity contribution < 1.29 is 9.84 Å². The zero-order valence-electron chi connectivity index (χ0n) is 12.0. The van der Waals surface area contributed by atoms with Crippen LogP contribution in [0.15, 0.2) is 11.6 Å². The molecule has 17 heavy (non-hydrogen) atoms. The van der Waals surface area contributed by atoms with Crippen LogP contribution in [0.4, 0.5) is 0 Å². The molecule has 0 aromatic rings. The minimum Gasteiger partial charge on any atom is -0.390 e. The number of hydrogen-bond donors (Lipinski definition) is 1. The van der Waals surface area contributed by atoms with Gasteiger partial charge in [0, 0.05) is 0 Å². The van der Waals surface area contributed by atoms with E-state index in [2.05, 4.69) is 33.8 Å². The van der Waals surface area contributed by atoms with Crippen LogP contribution in [-0.2, 0) is 4.74 Å². The number of aliphatic hydroxyl groups is 1. The number of hydrogen-bond acceptors (Lipinski definition) is 2. The lowest BCUT2D eigenvalue weighted by Gasteiger charge is -2.31. The molecule has 0 unspecified atom stereocenters. The average molecular weight is 240 g/mol. The summed E-state index contributed by atoms with van der Waals surface area (Å²) < 4.78 is 6.07. The second-order valence-corrected chi connectivity index (χ2v) is 5.94. The Bertz CT molecular complexity index is 270. The van der Waals surface area contributed by atoms with Crippen LogP contribution in [0.3, 0.4) is 0 Å². The molecule has 0 saturated carbocycles. The van der Waals surface area contributed by atoms with Crippen molar-refractivity contribution in [3.8, 4) is 0 Å². The average Bonchev–Trinajstić information content (AvgIpc) is 2.69. The topological polar surface area (TPSA) is 29.5 Å². The van der Waals surface area contributed by atoms with E-state index in [-0.39, 0.29) is 11.7 Å². The maximum absolute atomic E-state index is 10.3. The lowest BCUT2D eigenvalue weighted by atomic mass is 9.90. The summed E-state index contributed by atoms with van der Waals surface area (Å²) in [6.07, 6.45) is 5.90. The molecule has 3 atom stereocenters. The maximum Gasteiger partial charge on any atom is 0.0917 e. The molecule has 1 rings (SSSR count). The van der Waals surface area contributed by atoms with E-state index >= 15 is 0 Å². The zero-order valence-corrected chi connectivity index (χ0v) is 12.0. The molecular formula is C15H28O2. The van der Waals surface area contributed by atoms with E-state index < -0.39 is 0 Å². The predicted molar refractivity (Wildman–Crippen MR) is 72.0 cm³/mol. The fraction of sp³-hybridized carbons (Fsp3) is 0.867. The molecule has 0 spiro atoms. The van der Waals surface area contributed by atoms with E-state index in [9.17, 15) is 5.11 Å². The van der Waals surface area contributed by atoms with Gasteiger partial charge >= 0.3 is 0 Å². The summed E-state index contributed by atoms with van der Waals surface area (Å²) in [6.45, 7) is 10.6. The van der Waals surface area contributed by atoms with Crippen LogP contribution in [0.1, 0.15) is 60.3 Å². The summed E-state index contributed by atoms with van der Waals surface area (Å²) in [5, 5.41) is 10.3. The number of rotatable bonds is 5. The Hall–Kier alpha value is -0.340. The molecule has 1 heterocycles. The van der Waals surface area contributed by atoms with E-state index in [0.717, 1.165) is 25.7 Å². The molecule has 0 bridgehead atoms. The molecule has 1 fully saturated rings. The summed E-state index contributed by atoms with van der Waals surface area (Å²) in [5.74, 6) is 0.543. The van der Waals surface area contributed by atoms with E-state index in [1.165, 1.54) is 5.57 Å². The van der Waals surface area contributed by atoms with Crippen LogP contribution < -0.4 is 0 Å². The summed E-state index contributed by atoms with van der Waals surface area (Å²) in [6, 6.07) is 0. The highest BCUT2D eigenvalue weighted by molar-refractivity contribution is 4.98. The first-order valence-electron chi connectivity index (χ1n) is 6.86. The van der Waals surface area contributed by atoms with Crippen molar-refractivity contribution in [3.63, 3.8) is 0 Å². The summed E-state index contributed by atoms with van der Waals surface area (Å²) in [5.41, 5.74) is 1.01. The predicted octanol–water partition coefficient (Wildman–Crippen LogP) is 3.69. The van der Waals surface area contributed by atoms with E-state index in [0.29, 0.717) is 12.0 Å². The van der Waals surface area contributed by atoms with Crippen molar-refractivity contribution in [1.29, 1.82) is 0 Å². The van der Waals surface area contributed by atoms with Gasteiger partial charge in [-0.05, 0) is 52.4 Å². The molecule has 1 aliphatic heterocycles. The fourth-order valence-corrected chi connectivity index (χ4v) is 2.42. The molecular weight excluding hydrogens is 212 g/mol. The first-order chi connectivity index (χ1) is 7.89. The summed E-state index contributed by atoms with van der Waals surface area (Å²) in [7, 11) is 0. The van der Waals surface area contributed by atoms with Gasteiger partial charge in [-0.15, -0.1) is 0 Å². The van der Waals surface area contributed by atoms with Crippen LogP contribution >= 0.6 is 0 Å².